The monoisotopic (exact) mass is 512 g/mol. The first-order chi connectivity index (χ1) is 16.3. The number of thiocarbonyl (C=S) groups is 1. The van der Waals surface area contributed by atoms with Crippen LogP contribution in [0.15, 0.2) is 6.07 Å². The van der Waals surface area contributed by atoms with Gasteiger partial charge in [-0.2, -0.15) is 5.10 Å². The van der Waals surface area contributed by atoms with Gasteiger partial charge in [0.05, 0.1) is 12.2 Å². The summed E-state index contributed by atoms with van der Waals surface area (Å²) in [5, 5.41) is 10.7. The van der Waals surface area contributed by atoms with Crippen LogP contribution < -0.4 is 21.5 Å². The Hall–Kier alpha value is -2.80. The summed E-state index contributed by atoms with van der Waals surface area (Å²) in [6.45, 7) is 1.98. The number of halogens is 2. The van der Waals surface area contributed by atoms with E-state index in [9.17, 15) is 18.4 Å². The maximum Gasteiger partial charge on any atom is 0.341 e. The Labute approximate surface area is 204 Å². The number of hydrazine groups is 1. The number of amides is 1. The van der Waals surface area contributed by atoms with Crippen molar-refractivity contribution in [2.24, 2.45) is 13.0 Å². The van der Waals surface area contributed by atoms with E-state index >= 15 is 0 Å². The molecule has 0 saturated heterocycles. The molecule has 0 aromatic carbocycles. The van der Waals surface area contributed by atoms with Crippen LogP contribution in [0, 0.1) is 5.92 Å². The van der Waals surface area contributed by atoms with E-state index in [1.807, 2.05) is 0 Å². The summed E-state index contributed by atoms with van der Waals surface area (Å²) in [4.78, 5) is 26.1. The van der Waals surface area contributed by atoms with Gasteiger partial charge in [0.15, 0.2) is 5.11 Å². The molecule has 1 saturated carbocycles. The fourth-order valence-electron chi connectivity index (χ4n) is 3.83. The summed E-state index contributed by atoms with van der Waals surface area (Å²) in [5.74, 6) is -0.139. The number of anilines is 2. The molecule has 2 aromatic rings. The van der Waals surface area contributed by atoms with E-state index in [0.717, 1.165) is 36.1 Å². The van der Waals surface area contributed by atoms with Crippen LogP contribution in [-0.2, 0) is 29.4 Å². The number of aryl methyl sites for hydroxylation is 2. The van der Waals surface area contributed by atoms with Gasteiger partial charge < -0.3 is 15.4 Å². The molecular formula is C21H26F2N6O3S2. The van der Waals surface area contributed by atoms with Crippen molar-refractivity contribution in [2.75, 3.05) is 17.3 Å². The maximum absolute atomic E-state index is 12.8. The fourth-order valence-corrected chi connectivity index (χ4v) is 5.28. The molecule has 1 unspecified atom stereocenters. The molecule has 0 radical (unpaired) electrons. The number of rotatable bonds is 8. The molecule has 9 nitrogen and oxygen atoms in total. The van der Waals surface area contributed by atoms with E-state index < -0.39 is 12.4 Å². The quantitative estimate of drug-likeness (QED) is 0.242. The predicted octanol–water partition coefficient (Wildman–Crippen LogP) is 3.29. The van der Waals surface area contributed by atoms with Crippen LogP contribution in [0.1, 0.15) is 59.1 Å². The normalized spacial score (nSPS) is 17.1. The van der Waals surface area contributed by atoms with Crippen LogP contribution in [0.5, 0.6) is 0 Å². The molecule has 0 bridgehead atoms. The van der Waals surface area contributed by atoms with Gasteiger partial charge in [0.25, 0.3) is 6.43 Å². The fraction of sp³-hybridized carbons (Fsp3) is 0.524. The van der Waals surface area contributed by atoms with Crippen LogP contribution in [0.4, 0.5) is 19.6 Å². The lowest BCUT2D eigenvalue weighted by Crippen LogP contribution is -2.46. The van der Waals surface area contributed by atoms with Gasteiger partial charge in [-0.05, 0) is 56.8 Å². The maximum atomic E-state index is 12.8. The summed E-state index contributed by atoms with van der Waals surface area (Å²) in [7, 11) is 1.54. The number of hydrogen-bond acceptors (Lipinski definition) is 7. The standard InChI is InChI=1S/C21H26F2N6O3S2/c1-3-32-20(31)16-12-8-11(6-7-14(12)34-19(16)25-18(30)10-4-5-10)24-21(33)27-26-15-9-13(17(22)23)28-29(15)2/h9-11,17,26H,3-8H2,1-2H3,(H,25,30)(H2,24,27,33). The highest BCUT2D eigenvalue weighted by Crippen LogP contribution is 2.40. The molecule has 2 aromatic heterocycles. The van der Waals surface area contributed by atoms with E-state index in [-0.39, 0.29) is 35.3 Å². The highest BCUT2D eigenvalue weighted by Gasteiger charge is 2.34. The van der Waals surface area contributed by atoms with Crippen LogP contribution in [-0.4, -0.2) is 39.4 Å². The van der Waals surface area contributed by atoms with Crippen molar-refractivity contribution in [2.45, 2.75) is 51.5 Å². The smallest absolute Gasteiger partial charge is 0.341 e. The second-order valence-corrected chi connectivity index (χ2v) is 9.75. The van der Waals surface area contributed by atoms with Crippen LogP contribution in [0.25, 0.3) is 0 Å². The lowest BCUT2D eigenvalue weighted by Gasteiger charge is -2.25. The van der Waals surface area contributed by atoms with Crippen molar-refractivity contribution in [1.29, 1.82) is 0 Å². The third kappa shape index (κ3) is 5.46. The molecule has 34 heavy (non-hydrogen) atoms. The molecule has 2 heterocycles. The molecule has 1 atom stereocenters. The molecule has 2 aliphatic rings. The van der Waals surface area contributed by atoms with E-state index in [0.29, 0.717) is 22.8 Å². The van der Waals surface area contributed by atoms with Crippen LogP contribution in [0.2, 0.25) is 0 Å². The van der Waals surface area contributed by atoms with E-state index in [1.54, 1.807) is 14.0 Å². The molecule has 0 aliphatic heterocycles. The molecule has 13 heteroatoms. The molecule has 1 amide bonds. The van der Waals surface area contributed by atoms with Gasteiger partial charge in [-0.1, -0.05) is 0 Å². The van der Waals surface area contributed by atoms with Gasteiger partial charge in [-0.3, -0.25) is 20.3 Å². The van der Waals surface area contributed by atoms with Crippen LogP contribution >= 0.6 is 23.6 Å². The zero-order valence-electron chi connectivity index (χ0n) is 18.7. The summed E-state index contributed by atoms with van der Waals surface area (Å²) < 4.78 is 32.2. The Kier molecular flexibility index (Phi) is 7.31. The average Bonchev–Trinajstić information content (AvgIpc) is 3.48. The zero-order chi connectivity index (χ0) is 24.4. The van der Waals surface area contributed by atoms with Gasteiger partial charge in [-0.15, -0.1) is 11.3 Å². The number of carbonyl (C=O) groups excluding carboxylic acids is 2. The minimum absolute atomic E-state index is 0.0238. The second-order valence-electron chi connectivity index (χ2n) is 8.23. The van der Waals surface area contributed by atoms with E-state index in [1.165, 1.54) is 22.1 Å². The number of aromatic nitrogens is 2. The first kappa shape index (κ1) is 24.3. The summed E-state index contributed by atoms with van der Waals surface area (Å²) in [6, 6.07) is 1.17. The Morgan fingerprint density at radius 1 is 1.35 bits per heavy atom. The lowest BCUT2D eigenvalue weighted by molar-refractivity contribution is -0.117. The van der Waals surface area contributed by atoms with Crippen molar-refractivity contribution in [3.8, 4) is 0 Å². The Morgan fingerprint density at radius 2 is 2.12 bits per heavy atom. The number of hydrogen-bond donors (Lipinski definition) is 4. The van der Waals surface area contributed by atoms with Gasteiger partial charge in [0.2, 0.25) is 5.91 Å². The molecule has 184 valence electrons. The number of fused-ring (bicyclic) bond motifs is 1. The van der Waals surface area contributed by atoms with Crippen LogP contribution in [0.3, 0.4) is 0 Å². The first-order valence-corrected chi connectivity index (χ1v) is 12.3. The van der Waals surface area contributed by atoms with Crippen molar-refractivity contribution in [1.82, 2.24) is 20.5 Å². The van der Waals surface area contributed by atoms with Crippen molar-refractivity contribution in [3.63, 3.8) is 0 Å². The number of alkyl halides is 2. The summed E-state index contributed by atoms with van der Waals surface area (Å²) in [6.07, 6.45) is 1.11. The van der Waals surface area contributed by atoms with E-state index in [2.05, 4.69) is 26.6 Å². The minimum Gasteiger partial charge on any atom is -0.462 e. The highest BCUT2D eigenvalue weighted by molar-refractivity contribution is 7.80. The Bertz CT molecular complexity index is 1100. The Morgan fingerprint density at radius 3 is 2.76 bits per heavy atom. The number of carbonyl (C=O) groups is 2. The van der Waals surface area contributed by atoms with Gasteiger partial charge in [0, 0.05) is 30.0 Å². The zero-order valence-corrected chi connectivity index (χ0v) is 20.4. The number of esters is 1. The van der Waals surface area contributed by atoms with Crippen molar-refractivity contribution >= 4 is 51.4 Å². The number of nitrogens with one attached hydrogen (secondary N) is 4. The third-order valence-corrected chi connectivity index (χ3v) is 7.11. The van der Waals surface area contributed by atoms with Gasteiger partial charge in [-0.25, -0.2) is 13.6 Å². The number of nitrogens with zero attached hydrogens (tertiary/aromatic N) is 2. The minimum atomic E-state index is -2.67. The summed E-state index contributed by atoms with van der Waals surface area (Å²) in [5.41, 5.74) is 6.52. The van der Waals surface area contributed by atoms with Crippen molar-refractivity contribution < 1.29 is 23.1 Å². The molecule has 0 spiro atoms. The molecular weight excluding hydrogens is 486 g/mol. The first-order valence-electron chi connectivity index (χ1n) is 11.0. The molecule has 1 fully saturated rings. The van der Waals surface area contributed by atoms with E-state index in [4.69, 9.17) is 17.0 Å². The molecule has 4 N–H and O–H groups in total. The summed E-state index contributed by atoms with van der Waals surface area (Å²) >= 11 is 6.78. The second kappa shape index (κ2) is 10.2. The molecule has 4 rings (SSSR count). The third-order valence-electron chi connectivity index (χ3n) is 5.69. The van der Waals surface area contributed by atoms with Gasteiger partial charge >= 0.3 is 5.97 Å². The molecule has 2 aliphatic carbocycles. The predicted molar refractivity (Wildman–Crippen MR) is 128 cm³/mol. The SMILES string of the molecule is CCOC(=O)c1c(NC(=O)C2CC2)sc2c1CC(NC(=S)NNc1cc(C(F)F)nn1C)CC2. The highest BCUT2D eigenvalue weighted by atomic mass is 32.1. The number of ether oxygens (including phenoxy) is 1. The van der Waals surface area contributed by atoms with Crippen molar-refractivity contribution in [3.05, 3.63) is 27.8 Å². The Balaban J connectivity index is 1.41. The largest absolute Gasteiger partial charge is 0.462 e. The number of thiophene rings is 1. The topological polar surface area (TPSA) is 109 Å². The lowest BCUT2D eigenvalue weighted by atomic mass is 9.91. The average molecular weight is 513 g/mol. The van der Waals surface area contributed by atoms with Gasteiger partial charge in [0.1, 0.15) is 16.5 Å².